The van der Waals surface area contributed by atoms with Gasteiger partial charge < -0.3 is 4.90 Å². The minimum atomic E-state index is 0.464. The van der Waals surface area contributed by atoms with Crippen molar-refractivity contribution in [2.75, 3.05) is 19.6 Å². The minimum absolute atomic E-state index is 0.464. The van der Waals surface area contributed by atoms with Crippen LogP contribution in [0.1, 0.15) is 51.9 Å². The van der Waals surface area contributed by atoms with Crippen LogP contribution in [0.4, 0.5) is 0 Å². The molecular weight excluding hydrogens is 198 g/mol. The number of ketones is 1. The van der Waals surface area contributed by atoms with Crippen LogP contribution >= 0.6 is 0 Å². The second-order valence-electron chi connectivity index (χ2n) is 5.63. The molecule has 0 bridgehead atoms. The zero-order valence-electron chi connectivity index (χ0n) is 10.6. The standard InChI is InChI=1S/C14H25NO/c1-2-12-3-5-13(6-4-12)11-15-9-7-14(16)8-10-15/h12-13H,2-11H2,1H3. The highest BCUT2D eigenvalue weighted by Gasteiger charge is 2.23. The van der Waals surface area contributed by atoms with E-state index in [9.17, 15) is 4.79 Å². The molecule has 0 radical (unpaired) electrons. The van der Waals surface area contributed by atoms with Crippen molar-refractivity contribution in [2.45, 2.75) is 51.9 Å². The zero-order valence-corrected chi connectivity index (χ0v) is 10.6. The summed E-state index contributed by atoms with van der Waals surface area (Å²) in [5.74, 6) is 2.38. The van der Waals surface area contributed by atoms with Gasteiger partial charge in [0.1, 0.15) is 5.78 Å². The Balaban J connectivity index is 1.68. The van der Waals surface area contributed by atoms with E-state index in [1.165, 1.54) is 38.6 Å². The third kappa shape index (κ3) is 3.31. The SMILES string of the molecule is CCC1CCC(CN2CCC(=O)CC2)CC1. The van der Waals surface area contributed by atoms with Gasteiger partial charge in [0.2, 0.25) is 0 Å². The summed E-state index contributed by atoms with van der Waals surface area (Å²) >= 11 is 0. The Bertz CT molecular complexity index is 221. The zero-order chi connectivity index (χ0) is 11.4. The van der Waals surface area contributed by atoms with Gasteiger partial charge in [-0.3, -0.25) is 4.79 Å². The van der Waals surface area contributed by atoms with Crippen LogP contribution in [-0.4, -0.2) is 30.3 Å². The monoisotopic (exact) mass is 223 g/mol. The van der Waals surface area contributed by atoms with Crippen LogP contribution in [-0.2, 0) is 4.79 Å². The van der Waals surface area contributed by atoms with Crippen molar-refractivity contribution >= 4 is 5.78 Å². The van der Waals surface area contributed by atoms with E-state index in [2.05, 4.69) is 11.8 Å². The van der Waals surface area contributed by atoms with Gasteiger partial charge in [-0.15, -0.1) is 0 Å². The third-order valence-corrected chi connectivity index (χ3v) is 4.47. The molecule has 16 heavy (non-hydrogen) atoms. The Morgan fingerprint density at radius 2 is 1.62 bits per heavy atom. The molecule has 0 N–H and O–H groups in total. The minimum Gasteiger partial charge on any atom is -0.302 e. The Morgan fingerprint density at radius 3 is 2.19 bits per heavy atom. The number of nitrogens with zero attached hydrogens (tertiary/aromatic N) is 1. The molecule has 0 atom stereocenters. The summed E-state index contributed by atoms with van der Waals surface area (Å²) < 4.78 is 0. The van der Waals surface area contributed by atoms with Crippen LogP contribution < -0.4 is 0 Å². The lowest BCUT2D eigenvalue weighted by Gasteiger charge is -2.33. The fourth-order valence-corrected chi connectivity index (χ4v) is 3.17. The van der Waals surface area contributed by atoms with Crippen LogP contribution in [0, 0.1) is 11.8 Å². The second-order valence-corrected chi connectivity index (χ2v) is 5.63. The molecule has 1 saturated heterocycles. The van der Waals surface area contributed by atoms with E-state index in [0.29, 0.717) is 5.78 Å². The molecule has 2 rings (SSSR count). The van der Waals surface area contributed by atoms with Crippen molar-refractivity contribution in [1.29, 1.82) is 0 Å². The van der Waals surface area contributed by atoms with Gasteiger partial charge >= 0.3 is 0 Å². The number of hydrogen-bond donors (Lipinski definition) is 0. The summed E-state index contributed by atoms with van der Waals surface area (Å²) in [5, 5.41) is 0. The van der Waals surface area contributed by atoms with Gasteiger partial charge in [0.05, 0.1) is 0 Å². The molecule has 1 saturated carbocycles. The number of carbonyl (C=O) groups is 1. The van der Waals surface area contributed by atoms with Gasteiger partial charge in [-0.25, -0.2) is 0 Å². The summed E-state index contributed by atoms with van der Waals surface area (Å²) in [7, 11) is 0. The van der Waals surface area contributed by atoms with Gasteiger partial charge in [-0.1, -0.05) is 26.2 Å². The lowest BCUT2D eigenvalue weighted by molar-refractivity contribution is -0.121. The lowest BCUT2D eigenvalue weighted by atomic mass is 9.80. The maximum atomic E-state index is 11.2. The van der Waals surface area contributed by atoms with Crippen LogP contribution in [0.3, 0.4) is 0 Å². The van der Waals surface area contributed by atoms with Crippen molar-refractivity contribution in [2.24, 2.45) is 11.8 Å². The summed E-state index contributed by atoms with van der Waals surface area (Å²) in [5.41, 5.74) is 0. The first kappa shape index (κ1) is 12.1. The highest BCUT2D eigenvalue weighted by molar-refractivity contribution is 5.79. The molecule has 0 amide bonds. The molecule has 2 nitrogen and oxygen atoms in total. The van der Waals surface area contributed by atoms with Gasteiger partial charge in [0.25, 0.3) is 0 Å². The van der Waals surface area contributed by atoms with Crippen molar-refractivity contribution in [1.82, 2.24) is 4.90 Å². The molecule has 0 unspecified atom stereocenters. The van der Waals surface area contributed by atoms with Crippen molar-refractivity contribution in [3.05, 3.63) is 0 Å². The smallest absolute Gasteiger partial charge is 0.135 e. The average Bonchev–Trinajstić information content (AvgIpc) is 2.33. The topological polar surface area (TPSA) is 20.3 Å². The predicted molar refractivity (Wildman–Crippen MR) is 66.4 cm³/mol. The Hall–Kier alpha value is -0.370. The summed E-state index contributed by atoms with van der Waals surface area (Å²) in [6, 6.07) is 0. The second kappa shape index (κ2) is 5.81. The first-order valence-electron chi connectivity index (χ1n) is 7.02. The van der Waals surface area contributed by atoms with Crippen LogP contribution in [0.25, 0.3) is 0 Å². The van der Waals surface area contributed by atoms with E-state index in [1.807, 2.05) is 0 Å². The highest BCUT2D eigenvalue weighted by atomic mass is 16.1. The fraction of sp³-hybridized carbons (Fsp3) is 0.929. The van der Waals surface area contributed by atoms with Crippen molar-refractivity contribution < 1.29 is 4.79 Å². The average molecular weight is 223 g/mol. The van der Waals surface area contributed by atoms with Crippen LogP contribution in [0.2, 0.25) is 0 Å². The molecule has 1 heterocycles. The molecule has 0 aromatic heterocycles. The quantitative estimate of drug-likeness (QED) is 0.733. The molecule has 2 aliphatic rings. The van der Waals surface area contributed by atoms with E-state index in [-0.39, 0.29) is 0 Å². The molecule has 1 aliphatic heterocycles. The molecule has 2 heteroatoms. The Kier molecular flexibility index (Phi) is 4.39. The van der Waals surface area contributed by atoms with Gasteiger partial charge in [-0.2, -0.15) is 0 Å². The van der Waals surface area contributed by atoms with Gasteiger partial charge in [0, 0.05) is 32.5 Å². The van der Waals surface area contributed by atoms with E-state index >= 15 is 0 Å². The first-order chi connectivity index (χ1) is 7.78. The Morgan fingerprint density at radius 1 is 1.06 bits per heavy atom. The van der Waals surface area contributed by atoms with Crippen molar-refractivity contribution in [3.63, 3.8) is 0 Å². The number of piperidine rings is 1. The van der Waals surface area contributed by atoms with Crippen molar-refractivity contribution in [3.8, 4) is 0 Å². The third-order valence-electron chi connectivity index (χ3n) is 4.47. The maximum Gasteiger partial charge on any atom is 0.135 e. The summed E-state index contributed by atoms with van der Waals surface area (Å²) in [6.45, 7) is 5.62. The molecule has 2 fully saturated rings. The van der Waals surface area contributed by atoms with Crippen LogP contribution in [0.15, 0.2) is 0 Å². The lowest BCUT2D eigenvalue weighted by Crippen LogP contribution is -2.38. The molecular formula is C14H25NO. The molecule has 1 aliphatic carbocycles. The van der Waals surface area contributed by atoms with Crippen LogP contribution in [0.5, 0.6) is 0 Å². The number of likely N-dealkylation sites (tertiary alicyclic amines) is 1. The van der Waals surface area contributed by atoms with Gasteiger partial charge in [-0.05, 0) is 24.7 Å². The maximum absolute atomic E-state index is 11.2. The highest BCUT2D eigenvalue weighted by Crippen LogP contribution is 2.31. The predicted octanol–water partition coefficient (Wildman–Crippen LogP) is 2.87. The van der Waals surface area contributed by atoms with E-state index in [0.717, 1.165) is 37.8 Å². The number of Topliss-reactive ketones (excluding diaryl/α,β-unsaturated/α-hetero) is 1. The van der Waals surface area contributed by atoms with E-state index < -0.39 is 0 Å². The normalized spacial score (nSPS) is 32.9. The first-order valence-corrected chi connectivity index (χ1v) is 7.02. The van der Waals surface area contributed by atoms with E-state index in [1.54, 1.807) is 0 Å². The molecule has 0 aromatic rings. The van der Waals surface area contributed by atoms with Gasteiger partial charge in [0.15, 0.2) is 0 Å². The number of rotatable bonds is 3. The van der Waals surface area contributed by atoms with E-state index in [4.69, 9.17) is 0 Å². The number of hydrogen-bond acceptors (Lipinski definition) is 2. The molecule has 0 aromatic carbocycles. The fourth-order valence-electron chi connectivity index (χ4n) is 3.17. The molecule has 92 valence electrons. The summed E-state index contributed by atoms with van der Waals surface area (Å²) in [4.78, 5) is 13.7. The molecule has 0 spiro atoms. The summed E-state index contributed by atoms with van der Waals surface area (Å²) in [6.07, 6.45) is 8.67. The largest absolute Gasteiger partial charge is 0.302 e. The Labute approximate surface area is 99.4 Å². The number of carbonyl (C=O) groups excluding carboxylic acids is 1.